The van der Waals surface area contributed by atoms with Crippen LogP contribution in [0.3, 0.4) is 0 Å². The Morgan fingerprint density at radius 3 is 2.80 bits per heavy atom. The number of halogens is 1. The van der Waals surface area contributed by atoms with Gasteiger partial charge in [0.2, 0.25) is 0 Å². The lowest BCUT2D eigenvalue weighted by Crippen LogP contribution is -2.06. The summed E-state index contributed by atoms with van der Waals surface area (Å²) in [6.07, 6.45) is 4.39. The van der Waals surface area contributed by atoms with Crippen LogP contribution >= 0.6 is 0 Å². The first-order valence-corrected chi connectivity index (χ1v) is 9.69. The minimum absolute atomic E-state index is 0.345. The highest BCUT2D eigenvalue weighted by Gasteiger charge is 2.15. The number of hydrogen-bond acceptors (Lipinski definition) is 4. The zero-order chi connectivity index (χ0) is 21.4. The molecule has 154 valence electrons. The normalized spacial score (nSPS) is 11.2. The quantitative estimate of drug-likeness (QED) is 0.526. The van der Waals surface area contributed by atoms with Crippen LogP contribution in [0.1, 0.15) is 22.6 Å². The number of benzene rings is 1. The van der Waals surface area contributed by atoms with E-state index in [2.05, 4.69) is 16.7 Å². The molecule has 30 heavy (non-hydrogen) atoms. The van der Waals surface area contributed by atoms with Gasteiger partial charge in [-0.3, -0.25) is 4.68 Å². The molecule has 3 aromatic heterocycles. The fourth-order valence-electron chi connectivity index (χ4n) is 3.59. The van der Waals surface area contributed by atoms with E-state index in [1.54, 1.807) is 10.7 Å². The van der Waals surface area contributed by atoms with Crippen molar-refractivity contribution >= 4 is 11.3 Å². The van der Waals surface area contributed by atoms with Gasteiger partial charge < -0.3 is 14.9 Å². The molecular formula is C23H24FN5O. The molecule has 0 unspecified atom stereocenters. The summed E-state index contributed by atoms with van der Waals surface area (Å²) in [5, 5.41) is 4.41. The predicted molar refractivity (Wildman–Crippen MR) is 116 cm³/mol. The Morgan fingerprint density at radius 1 is 1.23 bits per heavy atom. The molecule has 0 spiro atoms. The minimum atomic E-state index is -0.345. The van der Waals surface area contributed by atoms with Gasteiger partial charge in [0.1, 0.15) is 22.9 Å². The largest absolute Gasteiger partial charge is 0.492 e. The molecule has 4 rings (SSSR count). The maximum Gasteiger partial charge on any atom is 0.136 e. The average molecular weight is 405 g/mol. The summed E-state index contributed by atoms with van der Waals surface area (Å²) < 4.78 is 23.8. The standard InChI is InChI=1S/C23H24FN5O/c1-14-12-26-22-8-5-17(13-29(14)22)20-7-6-18(24)11-21(20)30-10-9-19-16(3)28(4)27-23(19)15(2)25/h5-8,11-13H,2,9-10,25H2,1,3-4H3. The van der Waals surface area contributed by atoms with E-state index in [1.165, 1.54) is 12.1 Å². The van der Waals surface area contributed by atoms with Crippen LogP contribution in [-0.2, 0) is 13.5 Å². The van der Waals surface area contributed by atoms with Crippen molar-refractivity contribution in [1.29, 1.82) is 0 Å². The average Bonchev–Trinajstić information content (AvgIpc) is 3.22. The highest BCUT2D eigenvalue weighted by Crippen LogP contribution is 2.31. The summed E-state index contributed by atoms with van der Waals surface area (Å²) in [7, 11) is 1.87. The molecular weight excluding hydrogens is 381 g/mol. The van der Waals surface area contributed by atoms with Crippen molar-refractivity contribution in [2.45, 2.75) is 20.3 Å². The van der Waals surface area contributed by atoms with Gasteiger partial charge in [-0.1, -0.05) is 6.58 Å². The van der Waals surface area contributed by atoms with Gasteiger partial charge in [0.05, 0.1) is 12.3 Å². The van der Waals surface area contributed by atoms with Crippen molar-refractivity contribution in [3.63, 3.8) is 0 Å². The zero-order valence-electron chi connectivity index (χ0n) is 17.3. The van der Waals surface area contributed by atoms with Crippen LogP contribution in [0.4, 0.5) is 4.39 Å². The lowest BCUT2D eigenvalue weighted by atomic mass is 10.1. The lowest BCUT2D eigenvalue weighted by Gasteiger charge is -2.13. The SMILES string of the molecule is C=C(N)c1nn(C)c(C)c1CCOc1cc(F)ccc1-c1ccc2ncc(C)n2c1. The third-order valence-electron chi connectivity index (χ3n) is 5.32. The smallest absolute Gasteiger partial charge is 0.136 e. The van der Waals surface area contributed by atoms with Crippen molar-refractivity contribution in [1.82, 2.24) is 19.2 Å². The van der Waals surface area contributed by atoms with Crippen LogP contribution in [0.2, 0.25) is 0 Å². The van der Waals surface area contributed by atoms with Crippen molar-refractivity contribution < 1.29 is 9.13 Å². The van der Waals surface area contributed by atoms with E-state index in [-0.39, 0.29) is 5.82 Å². The first-order chi connectivity index (χ1) is 14.3. The summed E-state index contributed by atoms with van der Waals surface area (Å²) in [6, 6.07) is 8.49. The number of aryl methyl sites for hydroxylation is 2. The first kappa shape index (κ1) is 19.7. The van der Waals surface area contributed by atoms with Crippen LogP contribution in [0.15, 0.2) is 49.3 Å². The van der Waals surface area contributed by atoms with E-state index in [4.69, 9.17) is 10.5 Å². The van der Waals surface area contributed by atoms with E-state index in [1.807, 2.05) is 49.8 Å². The Balaban J connectivity index is 1.62. The van der Waals surface area contributed by atoms with Gasteiger partial charge in [-0.25, -0.2) is 9.37 Å². The summed E-state index contributed by atoms with van der Waals surface area (Å²) in [6.45, 7) is 8.13. The highest BCUT2D eigenvalue weighted by molar-refractivity contribution is 5.71. The molecule has 0 amide bonds. The molecule has 4 aromatic rings. The number of nitrogens with two attached hydrogens (primary N) is 1. The van der Waals surface area contributed by atoms with Crippen LogP contribution in [0.25, 0.3) is 22.5 Å². The topological polar surface area (TPSA) is 70.4 Å². The van der Waals surface area contributed by atoms with Crippen LogP contribution in [-0.4, -0.2) is 25.8 Å². The van der Waals surface area contributed by atoms with E-state index in [0.717, 1.165) is 33.7 Å². The number of pyridine rings is 1. The number of rotatable bonds is 6. The van der Waals surface area contributed by atoms with Crippen molar-refractivity contribution in [3.05, 3.63) is 77.8 Å². The van der Waals surface area contributed by atoms with Crippen molar-refractivity contribution in [3.8, 4) is 16.9 Å². The zero-order valence-corrected chi connectivity index (χ0v) is 17.3. The molecule has 7 heteroatoms. The fourth-order valence-corrected chi connectivity index (χ4v) is 3.59. The van der Waals surface area contributed by atoms with Gasteiger partial charge in [0, 0.05) is 60.0 Å². The maximum absolute atomic E-state index is 14.0. The Bertz CT molecular complexity index is 1250. The van der Waals surface area contributed by atoms with Crippen LogP contribution in [0.5, 0.6) is 5.75 Å². The molecule has 0 radical (unpaired) electrons. The molecule has 2 N–H and O–H groups in total. The highest BCUT2D eigenvalue weighted by atomic mass is 19.1. The number of hydrogen-bond donors (Lipinski definition) is 1. The van der Waals surface area contributed by atoms with Gasteiger partial charge >= 0.3 is 0 Å². The number of imidazole rings is 1. The fraction of sp³-hybridized carbons (Fsp3) is 0.217. The van der Waals surface area contributed by atoms with Crippen LogP contribution < -0.4 is 10.5 Å². The summed E-state index contributed by atoms with van der Waals surface area (Å²) in [4.78, 5) is 4.35. The van der Waals surface area contributed by atoms with Gasteiger partial charge in [0.15, 0.2) is 0 Å². The second-order valence-electron chi connectivity index (χ2n) is 7.35. The molecule has 0 saturated heterocycles. The molecule has 0 saturated carbocycles. The molecule has 6 nitrogen and oxygen atoms in total. The Hall–Kier alpha value is -3.61. The summed E-state index contributed by atoms with van der Waals surface area (Å²) >= 11 is 0. The number of fused-ring (bicyclic) bond motifs is 1. The first-order valence-electron chi connectivity index (χ1n) is 9.69. The molecule has 0 fully saturated rings. The summed E-state index contributed by atoms with van der Waals surface area (Å²) in [5.74, 6) is 0.143. The molecule has 0 bridgehead atoms. The van der Waals surface area contributed by atoms with Crippen LogP contribution in [0, 0.1) is 19.7 Å². The van der Waals surface area contributed by atoms with E-state index in [9.17, 15) is 4.39 Å². The third kappa shape index (κ3) is 3.54. The number of ether oxygens (including phenoxy) is 1. The lowest BCUT2D eigenvalue weighted by molar-refractivity contribution is 0.321. The van der Waals surface area contributed by atoms with Crippen molar-refractivity contribution in [2.75, 3.05) is 6.61 Å². The molecule has 3 heterocycles. The second kappa shape index (κ2) is 7.67. The maximum atomic E-state index is 14.0. The molecule has 0 aliphatic carbocycles. The predicted octanol–water partition coefficient (Wildman–Crippen LogP) is 4.04. The van der Waals surface area contributed by atoms with E-state index < -0.39 is 0 Å². The molecule has 0 atom stereocenters. The minimum Gasteiger partial charge on any atom is -0.492 e. The number of aromatic nitrogens is 4. The Labute approximate surface area is 174 Å². The Morgan fingerprint density at radius 2 is 2.03 bits per heavy atom. The second-order valence-corrected chi connectivity index (χ2v) is 7.35. The number of nitrogens with zero attached hydrogens (tertiary/aromatic N) is 4. The molecule has 1 aromatic carbocycles. The van der Waals surface area contributed by atoms with Crippen molar-refractivity contribution in [2.24, 2.45) is 12.8 Å². The van der Waals surface area contributed by atoms with Gasteiger partial charge in [-0.05, 0) is 38.1 Å². The van der Waals surface area contributed by atoms with Gasteiger partial charge in [-0.2, -0.15) is 5.10 Å². The summed E-state index contributed by atoms with van der Waals surface area (Å²) in [5.41, 5.74) is 12.6. The molecule has 0 aliphatic rings. The Kier molecular flexibility index (Phi) is 5.03. The van der Waals surface area contributed by atoms with Gasteiger partial charge in [-0.15, -0.1) is 0 Å². The van der Waals surface area contributed by atoms with Gasteiger partial charge in [0.25, 0.3) is 0 Å². The van der Waals surface area contributed by atoms with E-state index >= 15 is 0 Å². The molecule has 0 aliphatic heterocycles. The van der Waals surface area contributed by atoms with E-state index in [0.29, 0.717) is 30.2 Å². The monoisotopic (exact) mass is 405 g/mol. The third-order valence-corrected chi connectivity index (χ3v) is 5.32.